The summed E-state index contributed by atoms with van der Waals surface area (Å²) in [4.78, 5) is 24.9. The van der Waals surface area contributed by atoms with Crippen LogP contribution in [0.4, 0.5) is 13.2 Å². The highest BCUT2D eigenvalue weighted by molar-refractivity contribution is 5.78. The van der Waals surface area contributed by atoms with E-state index in [0.717, 1.165) is 12.1 Å². The van der Waals surface area contributed by atoms with Crippen LogP contribution in [-0.4, -0.2) is 35.0 Å². The van der Waals surface area contributed by atoms with Crippen molar-refractivity contribution < 1.29 is 27.9 Å². The van der Waals surface area contributed by atoms with Crippen LogP contribution < -0.4 is 0 Å². The van der Waals surface area contributed by atoms with E-state index < -0.39 is 23.6 Å². The molecule has 4 nitrogen and oxygen atoms in total. The Balaban J connectivity index is 1.97. The average molecular weight is 343 g/mol. The summed E-state index contributed by atoms with van der Waals surface area (Å²) in [5.74, 6) is -1.83. The standard InChI is InChI=1S/C17H20F3NO3/c1-11(12-4-6-14(7-5-12)17(18,19)20)9-15(22)21-8-2-3-13(10-21)16(23)24/h4-7,11,13H,2-3,8-10H2,1H3,(H,23,24)/t11-,13-/m0/s1. The minimum Gasteiger partial charge on any atom is -0.481 e. The van der Waals surface area contributed by atoms with Crippen LogP contribution in [0.3, 0.4) is 0 Å². The van der Waals surface area contributed by atoms with Crippen molar-refractivity contribution in [3.63, 3.8) is 0 Å². The summed E-state index contributed by atoms with van der Waals surface area (Å²) in [7, 11) is 0. The van der Waals surface area contributed by atoms with Crippen LogP contribution in [0.5, 0.6) is 0 Å². The molecule has 1 fully saturated rings. The molecule has 132 valence electrons. The highest BCUT2D eigenvalue weighted by Crippen LogP contribution is 2.31. The molecule has 1 aliphatic rings. The second kappa shape index (κ2) is 7.23. The topological polar surface area (TPSA) is 57.6 Å². The van der Waals surface area contributed by atoms with Crippen molar-refractivity contribution in [2.75, 3.05) is 13.1 Å². The molecule has 1 aromatic rings. The fraction of sp³-hybridized carbons (Fsp3) is 0.529. The van der Waals surface area contributed by atoms with Crippen molar-refractivity contribution in [1.29, 1.82) is 0 Å². The van der Waals surface area contributed by atoms with Crippen molar-refractivity contribution in [2.45, 2.75) is 38.3 Å². The Hall–Kier alpha value is -2.05. The average Bonchev–Trinajstić information content (AvgIpc) is 2.54. The molecule has 0 unspecified atom stereocenters. The van der Waals surface area contributed by atoms with Crippen molar-refractivity contribution >= 4 is 11.9 Å². The van der Waals surface area contributed by atoms with Gasteiger partial charge in [-0.1, -0.05) is 19.1 Å². The van der Waals surface area contributed by atoms with Gasteiger partial charge < -0.3 is 10.0 Å². The third kappa shape index (κ3) is 4.49. The first-order chi connectivity index (χ1) is 11.2. The first-order valence-corrected chi connectivity index (χ1v) is 7.86. The van der Waals surface area contributed by atoms with Crippen molar-refractivity contribution in [3.8, 4) is 0 Å². The van der Waals surface area contributed by atoms with Crippen LogP contribution in [-0.2, 0) is 15.8 Å². The predicted molar refractivity (Wildman–Crippen MR) is 81.4 cm³/mol. The zero-order chi connectivity index (χ0) is 17.9. The van der Waals surface area contributed by atoms with Crippen LogP contribution in [0, 0.1) is 5.92 Å². The highest BCUT2D eigenvalue weighted by Gasteiger charge is 2.31. The van der Waals surface area contributed by atoms with Gasteiger partial charge in [0.15, 0.2) is 0 Å². The zero-order valence-corrected chi connectivity index (χ0v) is 13.3. The van der Waals surface area contributed by atoms with Crippen LogP contribution in [0.25, 0.3) is 0 Å². The van der Waals surface area contributed by atoms with Gasteiger partial charge in [0.25, 0.3) is 0 Å². The Morgan fingerprint density at radius 2 is 1.92 bits per heavy atom. The minimum absolute atomic E-state index is 0.150. The molecule has 1 saturated heterocycles. The number of benzene rings is 1. The number of rotatable bonds is 4. The molecule has 0 radical (unpaired) electrons. The lowest BCUT2D eigenvalue weighted by molar-refractivity contribution is -0.145. The summed E-state index contributed by atoms with van der Waals surface area (Å²) in [6.45, 7) is 2.51. The second-order valence-electron chi connectivity index (χ2n) is 6.24. The molecule has 0 saturated carbocycles. The summed E-state index contributed by atoms with van der Waals surface area (Å²) in [5, 5.41) is 9.06. The summed E-state index contributed by atoms with van der Waals surface area (Å²) < 4.78 is 37.7. The van der Waals surface area contributed by atoms with Gasteiger partial charge in [0.05, 0.1) is 11.5 Å². The molecule has 0 aromatic heterocycles. The normalized spacial score (nSPS) is 19.8. The Morgan fingerprint density at radius 1 is 1.29 bits per heavy atom. The molecule has 7 heteroatoms. The summed E-state index contributed by atoms with van der Waals surface area (Å²) in [5.41, 5.74) is -0.0618. The summed E-state index contributed by atoms with van der Waals surface area (Å²) in [6.07, 6.45) is -3.01. The van der Waals surface area contributed by atoms with E-state index >= 15 is 0 Å². The largest absolute Gasteiger partial charge is 0.481 e. The van der Waals surface area contributed by atoms with Crippen molar-refractivity contribution in [3.05, 3.63) is 35.4 Å². The number of amides is 1. The van der Waals surface area contributed by atoms with Crippen molar-refractivity contribution in [1.82, 2.24) is 4.90 Å². The van der Waals surface area contributed by atoms with E-state index in [1.165, 1.54) is 12.1 Å². The predicted octanol–water partition coefficient (Wildman–Crippen LogP) is 3.52. The number of hydrogen-bond acceptors (Lipinski definition) is 2. The van der Waals surface area contributed by atoms with Gasteiger partial charge in [-0.05, 0) is 36.5 Å². The molecular weight excluding hydrogens is 323 g/mol. The van der Waals surface area contributed by atoms with Gasteiger partial charge in [-0.3, -0.25) is 9.59 Å². The molecule has 0 bridgehead atoms. The Bertz CT molecular complexity index is 598. The lowest BCUT2D eigenvalue weighted by atomic mass is 9.94. The van der Waals surface area contributed by atoms with Gasteiger partial charge in [0, 0.05) is 19.5 Å². The second-order valence-corrected chi connectivity index (χ2v) is 6.24. The fourth-order valence-corrected chi connectivity index (χ4v) is 2.91. The molecule has 1 N–H and O–H groups in total. The van der Waals surface area contributed by atoms with Crippen LogP contribution in [0.2, 0.25) is 0 Å². The summed E-state index contributed by atoms with van der Waals surface area (Å²) in [6, 6.07) is 4.80. The number of carboxylic acids is 1. The quantitative estimate of drug-likeness (QED) is 0.910. The molecule has 1 amide bonds. The van der Waals surface area contributed by atoms with E-state index in [9.17, 15) is 22.8 Å². The van der Waals surface area contributed by atoms with E-state index in [0.29, 0.717) is 24.9 Å². The van der Waals surface area contributed by atoms with Crippen molar-refractivity contribution in [2.24, 2.45) is 5.92 Å². The fourth-order valence-electron chi connectivity index (χ4n) is 2.91. The smallest absolute Gasteiger partial charge is 0.416 e. The molecule has 2 atom stereocenters. The number of halogens is 3. The molecule has 1 aliphatic heterocycles. The number of likely N-dealkylation sites (tertiary alicyclic amines) is 1. The van der Waals surface area contributed by atoms with E-state index in [2.05, 4.69) is 0 Å². The molecular formula is C17H20F3NO3. The number of nitrogens with zero attached hydrogens (tertiary/aromatic N) is 1. The number of carbonyl (C=O) groups excluding carboxylic acids is 1. The van der Waals surface area contributed by atoms with Gasteiger partial charge in [-0.2, -0.15) is 13.2 Å². The van der Waals surface area contributed by atoms with Crippen LogP contribution in [0.15, 0.2) is 24.3 Å². The molecule has 1 aromatic carbocycles. The SMILES string of the molecule is C[C@@H](CC(=O)N1CCC[C@H](C(=O)O)C1)c1ccc(C(F)(F)F)cc1. The summed E-state index contributed by atoms with van der Waals surface area (Å²) >= 11 is 0. The maximum Gasteiger partial charge on any atom is 0.416 e. The van der Waals surface area contributed by atoms with Crippen LogP contribution >= 0.6 is 0 Å². The lowest BCUT2D eigenvalue weighted by Crippen LogP contribution is -2.42. The van der Waals surface area contributed by atoms with Gasteiger partial charge >= 0.3 is 12.1 Å². The van der Waals surface area contributed by atoms with Gasteiger partial charge in [0.2, 0.25) is 5.91 Å². The maximum absolute atomic E-state index is 12.6. The number of piperidine rings is 1. The molecule has 0 aliphatic carbocycles. The van der Waals surface area contributed by atoms with E-state index in [-0.39, 0.29) is 24.8 Å². The number of hydrogen-bond donors (Lipinski definition) is 1. The van der Waals surface area contributed by atoms with E-state index in [4.69, 9.17) is 5.11 Å². The Kier molecular flexibility index (Phi) is 5.51. The monoisotopic (exact) mass is 343 g/mol. The highest BCUT2D eigenvalue weighted by atomic mass is 19.4. The Morgan fingerprint density at radius 3 is 2.46 bits per heavy atom. The first-order valence-electron chi connectivity index (χ1n) is 7.86. The Labute approximate surface area is 138 Å². The number of carbonyl (C=O) groups is 2. The molecule has 1 heterocycles. The van der Waals surface area contributed by atoms with E-state index in [1.54, 1.807) is 11.8 Å². The zero-order valence-electron chi connectivity index (χ0n) is 13.3. The molecule has 2 rings (SSSR count). The molecule has 24 heavy (non-hydrogen) atoms. The van der Waals surface area contributed by atoms with Crippen LogP contribution in [0.1, 0.15) is 43.2 Å². The number of alkyl halides is 3. The minimum atomic E-state index is -4.38. The van der Waals surface area contributed by atoms with Gasteiger partial charge in [0.1, 0.15) is 0 Å². The van der Waals surface area contributed by atoms with Gasteiger partial charge in [-0.15, -0.1) is 0 Å². The number of aliphatic carboxylic acids is 1. The molecule has 0 spiro atoms. The van der Waals surface area contributed by atoms with E-state index in [1.807, 2.05) is 0 Å². The maximum atomic E-state index is 12.6. The lowest BCUT2D eigenvalue weighted by Gasteiger charge is -2.31. The third-order valence-electron chi connectivity index (χ3n) is 4.41. The van der Waals surface area contributed by atoms with Gasteiger partial charge in [-0.25, -0.2) is 0 Å². The third-order valence-corrected chi connectivity index (χ3v) is 4.41. The first kappa shape index (κ1) is 18.3. The number of carboxylic acid groups (broad SMARTS) is 1.